The molecule has 0 saturated carbocycles. The number of thiophene rings is 1. The second-order valence-electron chi connectivity index (χ2n) is 7.39. The minimum Gasteiger partial charge on any atom is -0.462 e. The molecular formula is C22H22F2N2O4S2. The van der Waals surface area contributed by atoms with Crippen LogP contribution in [0.15, 0.2) is 28.2 Å². The summed E-state index contributed by atoms with van der Waals surface area (Å²) < 4.78 is 40.5. The number of carbonyl (C=O) groups excluding carboxylic acids is 1. The number of hydrogen-bond donors (Lipinski definition) is 0. The first kappa shape index (κ1) is 22.9. The Morgan fingerprint density at radius 3 is 2.78 bits per heavy atom. The van der Waals surface area contributed by atoms with Crippen molar-refractivity contribution in [2.75, 3.05) is 13.2 Å². The van der Waals surface area contributed by atoms with Gasteiger partial charge in [-0.25, -0.2) is 18.6 Å². The van der Waals surface area contributed by atoms with Crippen LogP contribution >= 0.6 is 23.1 Å². The summed E-state index contributed by atoms with van der Waals surface area (Å²) in [5.74, 6) is -1.83. The van der Waals surface area contributed by atoms with Crippen molar-refractivity contribution in [2.45, 2.75) is 50.2 Å². The van der Waals surface area contributed by atoms with Gasteiger partial charge < -0.3 is 9.47 Å². The van der Waals surface area contributed by atoms with E-state index in [0.29, 0.717) is 32.4 Å². The number of hydrogen-bond acceptors (Lipinski definition) is 7. The van der Waals surface area contributed by atoms with Crippen LogP contribution in [-0.2, 0) is 21.8 Å². The Kier molecular flexibility index (Phi) is 6.92. The molecule has 10 heteroatoms. The molecule has 6 nitrogen and oxygen atoms in total. The molecule has 170 valence electrons. The summed E-state index contributed by atoms with van der Waals surface area (Å²) in [4.78, 5) is 31.1. The maximum absolute atomic E-state index is 14.1. The fourth-order valence-corrected chi connectivity index (χ4v) is 5.80. The van der Waals surface area contributed by atoms with Crippen molar-refractivity contribution in [2.24, 2.45) is 0 Å². The molecule has 1 aliphatic rings. The number of nitrogens with zero attached hydrogens (tertiary/aromatic N) is 2. The Balaban J connectivity index is 1.78. The van der Waals surface area contributed by atoms with Crippen molar-refractivity contribution in [3.05, 3.63) is 56.2 Å². The highest BCUT2D eigenvalue weighted by Gasteiger charge is 2.25. The smallest absolute Gasteiger partial charge is 0.348 e. The number of rotatable bonds is 7. The summed E-state index contributed by atoms with van der Waals surface area (Å²) in [6, 6.07) is 3.70. The number of ether oxygens (including phenoxy) is 2. The van der Waals surface area contributed by atoms with E-state index in [1.165, 1.54) is 22.8 Å². The molecule has 2 aromatic heterocycles. The van der Waals surface area contributed by atoms with Crippen LogP contribution in [0.1, 0.15) is 40.6 Å². The van der Waals surface area contributed by atoms with Gasteiger partial charge in [0.15, 0.2) is 5.16 Å². The van der Waals surface area contributed by atoms with Crippen LogP contribution in [0.3, 0.4) is 0 Å². The van der Waals surface area contributed by atoms with Crippen LogP contribution in [0.4, 0.5) is 8.78 Å². The Labute approximate surface area is 191 Å². The highest BCUT2D eigenvalue weighted by Crippen LogP contribution is 2.32. The molecule has 1 atom stereocenters. The predicted molar refractivity (Wildman–Crippen MR) is 119 cm³/mol. The monoisotopic (exact) mass is 480 g/mol. The summed E-state index contributed by atoms with van der Waals surface area (Å²) in [7, 11) is 0. The van der Waals surface area contributed by atoms with E-state index >= 15 is 0 Å². The molecule has 0 unspecified atom stereocenters. The summed E-state index contributed by atoms with van der Waals surface area (Å²) in [5, 5.41) is 0.690. The molecule has 1 aromatic carbocycles. The van der Waals surface area contributed by atoms with Crippen LogP contribution in [0, 0.1) is 18.6 Å². The quantitative estimate of drug-likeness (QED) is 0.278. The first-order valence-electron chi connectivity index (χ1n) is 10.3. The molecule has 32 heavy (non-hydrogen) atoms. The number of aromatic nitrogens is 2. The third kappa shape index (κ3) is 4.44. The molecule has 0 bridgehead atoms. The number of benzene rings is 1. The lowest BCUT2D eigenvalue weighted by Crippen LogP contribution is -2.28. The Morgan fingerprint density at radius 2 is 2.12 bits per heavy atom. The normalized spacial score (nSPS) is 16.1. The van der Waals surface area contributed by atoms with Gasteiger partial charge in [-0.05, 0) is 44.4 Å². The third-order valence-electron chi connectivity index (χ3n) is 5.29. The highest BCUT2D eigenvalue weighted by molar-refractivity contribution is 7.98. The van der Waals surface area contributed by atoms with Crippen LogP contribution in [0.25, 0.3) is 10.2 Å². The molecule has 3 aromatic rings. The van der Waals surface area contributed by atoms with Gasteiger partial charge in [-0.1, -0.05) is 17.8 Å². The van der Waals surface area contributed by atoms with Gasteiger partial charge in [-0.2, -0.15) is 0 Å². The molecule has 0 spiro atoms. The fraction of sp³-hybridized carbons (Fsp3) is 0.409. The lowest BCUT2D eigenvalue weighted by Gasteiger charge is -2.16. The number of carbonyl (C=O) groups is 1. The van der Waals surface area contributed by atoms with Gasteiger partial charge in [0.1, 0.15) is 21.3 Å². The van der Waals surface area contributed by atoms with Gasteiger partial charge in [-0.3, -0.25) is 9.36 Å². The van der Waals surface area contributed by atoms with Crippen molar-refractivity contribution in [1.82, 2.24) is 9.55 Å². The molecule has 1 saturated heterocycles. The maximum atomic E-state index is 14.1. The number of halogens is 2. The van der Waals surface area contributed by atoms with E-state index in [1.807, 2.05) is 0 Å². The summed E-state index contributed by atoms with van der Waals surface area (Å²) in [6.45, 7) is 4.55. The number of thioether (sulfide) groups is 1. The van der Waals surface area contributed by atoms with Crippen molar-refractivity contribution >= 4 is 39.3 Å². The van der Waals surface area contributed by atoms with Gasteiger partial charge in [-0.15, -0.1) is 11.3 Å². The van der Waals surface area contributed by atoms with Crippen molar-refractivity contribution < 1.29 is 23.0 Å². The van der Waals surface area contributed by atoms with Gasteiger partial charge in [0, 0.05) is 17.9 Å². The third-order valence-corrected chi connectivity index (χ3v) is 7.46. The highest BCUT2D eigenvalue weighted by atomic mass is 32.2. The van der Waals surface area contributed by atoms with Gasteiger partial charge in [0.05, 0.1) is 24.6 Å². The molecule has 3 heterocycles. The Morgan fingerprint density at radius 1 is 1.38 bits per heavy atom. The number of fused-ring (bicyclic) bond motifs is 1. The zero-order valence-corrected chi connectivity index (χ0v) is 19.3. The van der Waals surface area contributed by atoms with Gasteiger partial charge in [0.25, 0.3) is 5.56 Å². The SMILES string of the molecule is CCOC(=O)c1sc2nc(SCc3c(F)cccc3F)n(C[C@H]3CCCO3)c(=O)c2c1C. The fourth-order valence-electron chi connectivity index (χ4n) is 3.66. The topological polar surface area (TPSA) is 70.4 Å². The van der Waals surface area contributed by atoms with Crippen LogP contribution in [0.5, 0.6) is 0 Å². The second kappa shape index (κ2) is 9.68. The summed E-state index contributed by atoms with van der Waals surface area (Å²) in [6.07, 6.45) is 1.58. The maximum Gasteiger partial charge on any atom is 0.348 e. The Bertz CT molecular complexity index is 1200. The van der Waals surface area contributed by atoms with E-state index in [1.54, 1.807) is 13.8 Å². The van der Waals surface area contributed by atoms with E-state index in [9.17, 15) is 18.4 Å². The predicted octanol–water partition coefficient (Wildman–Crippen LogP) is 4.69. The lowest BCUT2D eigenvalue weighted by atomic mass is 10.2. The van der Waals surface area contributed by atoms with Crippen LogP contribution in [0.2, 0.25) is 0 Å². The molecule has 1 aliphatic heterocycles. The molecule has 4 rings (SSSR count). The largest absolute Gasteiger partial charge is 0.462 e. The first-order chi connectivity index (χ1) is 15.4. The molecular weight excluding hydrogens is 458 g/mol. The van der Waals surface area contributed by atoms with E-state index < -0.39 is 17.6 Å². The molecule has 1 fully saturated rings. The van der Waals surface area contributed by atoms with Crippen molar-refractivity contribution in [1.29, 1.82) is 0 Å². The van der Waals surface area contributed by atoms with Crippen molar-refractivity contribution in [3.8, 4) is 0 Å². The molecule has 0 N–H and O–H groups in total. The van der Waals surface area contributed by atoms with E-state index in [-0.39, 0.29) is 36.1 Å². The minimum atomic E-state index is -0.650. The number of esters is 1. The summed E-state index contributed by atoms with van der Waals surface area (Å²) >= 11 is 2.17. The molecule has 0 amide bonds. The van der Waals surface area contributed by atoms with Crippen LogP contribution < -0.4 is 5.56 Å². The zero-order valence-electron chi connectivity index (χ0n) is 17.7. The lowest BCUT2D eigenvalue weighted by molar-refractivity contribution is 0.0531. The minimum absolute atomic E-state index is 0.0307. The number of aryl methyl sites for hydroxylation is 1. The molecule has 0 aliphatic carbocycles. The second-order valence-corrected chi connectivity index (χ2v) is 9.33. The first-order valence-corrected chi connectivity index (χ1v) is 12.1. The van der Waals surface area contributed by atoms with E-state index in [2.05, 4.69) is 4.98 Å². The molecule has 0 radical (unpaired) electrons. The van der Waals surface area contributed by atoms with E-state index in [4.69, 9.17) is 9.47 Å². The average molecular weight is 481 g/mol. The Hall–Kier alpha value is -2.30. The average Bonchev–Trinajstić information content (AvgIpc) is 3.38. The van der Waals surface area contributed by atoms with Gasteiger partial charge >= 0.3 is 5.97 Å². The summed E-state index contributed by atoms with van der Waals surface area (Å²) in [5.41, 5.74) is 0.148. The zero-order chi connectivity index (χ0) is 22.8. The van der Waals surface area contributed by atoms with E-state index in [0.717, 1.165) is 35.9 Å². The van der Waals surface area contributed by atoms with Crippen molar-refractivity contribution in [3.63, 3.8) is 0 Å². The van der Waals surface area contributed by atoms with Gasteiger partial charge in [0.2, 0.25) is 0 Å². The standard InChI is InChI=1S/C22H22F2N2O4S2/c1-3-29-21(28)18-12(2)17-19(32-18)25-22(26(20(17)27)10-13-6-5-9-30-13)31-11-14-15(23)7-4-8-16(14)24/h4,7-8,13H,3,5-6,9-11H2,1-2H3/t13-/m1/s1. The van der Waals surface area contributed by atoms with Crippen LogP contribution in [-0.4, -0.2) is 34.8 Å².